The van der Waals surface area contributed by atoms with E-state index in [1.54, 1.807) is 0 Å². The summed E-state index contributed by atoms with van der Waals surface area (Å²) in [5.41, 5.74) is 41.3. The van der Waals surface area contributed by atoms with Gasteiger partial charge in [0.05, 0.1) is 0 Å². The van der Waals surface area contributed by atoms with E-state index in [0.717, 1.165) is 52.4 Å². The van der Waals surface area contributed by atoms with E-state index >= 15 is 0 Å². The van der Waals surface area contributed by atoms with Crippen LogP contribution < -0.4 is 67.1 Å². The molecule has 0 aliphatic carbocycles. The van der Waals surface area contributed by atoms with E-state index in [9.17, 15) is 0 Å². The first-order chi connectivity index (χ1) is 13.7. The molecule has 0 bridgehead atoms. The summed E-state index contributed by atoms with van der Waals surface area (Å²) >= 11 is 0. The van der Waals surface area contributed by atoms with Crippen LogP contribution in [0.2, 0.25) is 0 Å². The smallest absolute Gasteiger partial charge is 2.00 e. The molecule has 20 N–H and O–H groups in total. The van der Waals surface area contributed by atoms with Crippen molar-refractivity contribution in [2.75, 3.05) is 105 Å². The van der Waals surface area contributed by atoms with Crippen molar-refractivity contribution >= 4 is 151 Å². The zero-order valence-corrected chi connectivity index (χ0v) is 39.4. The van der Waals surface area contributed by atoms with Crippen LogP contribution in [0.4, 0.5) is 0 Å². The van der Waals surface area contributed by atoms with Crippen LogP contribution in [0.5, 0.6) is 0 Å². The summed E-state index contributed by atoms with van der Waals surface area (Å²) in [5, 5.41) is 12.1. The van der Waals surface area contributed by atoms with Crippen molar-refractivity contribution in [3.63, 3.8) is 0 Å². The summed E-state index contributed by atoms with van der Waals surface area (Å²) in [6.45, 7) is 12.5. The molecular formula is C16H52Co2N12Sb2Se6. The Hall–Kier alpha value is 5.29. The van der Waals surface area contributed by atoms with Gasteiger partial charge in [-0.1, -0.05) is 0 Å². The Kier molecular flexibility index (Phi) is 268. The van der Waals surface area contributed by atoms with Gasteiger partial charge in [0, 0.05) is 105 Å². The van der Waals surface area contributed by atoms with E-state index in [1.165, 1.54) is 0 Å². The molecule has 0 aromatic rings. The largest absolute Gasteiger partial charge is 3.00 e. The first-order valence-corrected chi connectivity index (χ1v) is 10.1. The summed E-state index contributed by atoms with van der Waals surface area (Å²) in [4.78, 5) is 0. The first kappa shape index (κ1) is 90.2. The molecule has 0 aliphatic rings. The molecule has 12 nitrogen and oxygen atoms in total. The average Bonchev–Trinajstić information content (AvgIpc) is 2.71. The fraction of sp³-hybridized carbons (Fsp3) is 1.00. The zero-order chi connectivity index (χ0) is 22.1. The summed E-state index contributed by atoms with van der Waals surface area (Å²) in [6, 6.07) is 0. The third kappa shape index (κ3) is 148. The molecule has 22 heteroatoms. The van der Waals surface area contributed by atoms with Crippen LogP contribution >= 0.6 is 0 Å². The molecule has 0 amide bonds. The van der Waals surface area contributed by atoms with Gasteiger partial charge in [0.2, 0.25) is 0 Å². The van der Waals surface area contributed by atoms with Gasteiger partial charge in [0.1, 0.15) is 0 Å². The number of hydrogen-bond acceptors (Lipinski definition) is 12. The van der Waals surface area contributed by atoms with Crippen molar-refractivity contribution in [3.05, 3.63) is 0 Å². The molecule has 38 heavy (non-hydrogen) atoms. The monoisotopic (exact) mass is 1250 g/mol. The Bertz CT molecular complexity index is 190. The Morgan fingerprint density at radius 3 is 0.395 bits per heavy atom. The number of rotatable bonds is 16. The Morgan fingerprint density at radius 1 is 0.263 bits per heavy atom. The van der Waals surface area contributed by atoms with Crippen molar-refractivity contribution in [3.8, 4) is 0 Å². The van der Waals surface area contributed by atoms with Crippen LogP contribution in [0.15, 0.2) is 0 Å². The van der Waals surface area contributed by atoms with Crippen LogP contribution in [-0.4, -0.2) is 256 Å². The summed E-state index contributed by atoms with van der Waals surface area (Å²) in [7, 11) is 0. The molecule has 0 spiro atoms. The molecule has 0 unspecified atom stereocenters. The maximum atomic E-state index is 5.17. The first-order valence-electron chi connectivity index (χ1n) is 10.1. The molecule has 0 rings (SSSR count). The third-order valence-electron chi connectivity index (χ3n) is 2.57. The van der Waals surface area contributed by atoms with Crippen molar-refractivity contribution in [1.29, 1.82) is 0 Å². The molecule has 0 aromatic carbocycles. The van der Waals surface area contributed by atoms with Gasteiger partial charge in [-0.25, -0.2) is 0 Å². The molecule has 4 radical (unpaired) electrons. The average molecular weight is 1250 g/mol. The van der Waals surface area contributed by atoms with Crippen molar-refractivity contribution in [2.45, 2.75) is 0 Å². The Morgan fingerprint density at radius 2 is 0.342 bits per heavy atom. The molecule has 0 aliphatic heterocycles. The molecule has 0 heterocycles. The summed E-state index contributed by atoms with van der Waals surface area (Å²) < 4.78 is 0. The van der Waals surface area contributed by atoms with E-state index in [0.29, 0.717) is 52.4 Å². The van der Waals surface area contributed by atoms with Gasteiger partial charge >= 0.3 is 82.4 Å². The number of nitrogens with two attached hydrogens (primary N) is 8. The van der Waals surface area contributed by atoms with Gasteiger partial charge in [-0.3, -0.25) is 0 Å². The topological polar surface area (TPSA) is 256 Å². The van der Waals surface area contributed by atoms with Crippen molar-refractivity contribution < 1.29 is 33.6 Å². The van der Waals surface area contributed by atoms with Gasteiger partial charge in [0.15, 0.2) is 0 Å². The second-order valence-electron chi connectivity index (χ2n) is 5.31. The quantitative estimate of drug-likeness (QED) is 0.0509. The van der Waals surface area contributed by atoms with Crippen molar-refractivity contribution in [2.24, 2.45) is 45.9 Å². The molecule has 0 saturated heterocycles. The van der Waals surface area contributed by atoms with Crippen LogP contribution in [0.1, 0.15) is 0 Å². The predicted octanol–water partition coefficient (Wildman–Crippen LogP) is -9.08. The number of hydrogen-bond donors (Lipinski definition) is 12. The van der Waals surface area contributed by atoms with Crippen LogP contribution in [0, 0.1) is 0 Å². The minimum atomic E-state index is 0. The molecular weight excluding hydrogens is 1200 g/mol. The van der Waals surface area contributed by atoms with Crippen LogP contribution in [-0.2, 0) is 33.6 Å². The molecule has 0 atom stereocenters. The van der Waals surface area contributed by atoms with E-state index in [1.807, 2.05) is 0 Å². The van der Waals surface area contributed by atoms with Gasteiger partial charge in [-0.15, -0.1) is 0 Å². The predicted molar refractivity (Wildman–Crippen MR) is 170 cm³/mol. The van der Waals surface area contributed by atoms with Crippen LogP contribution in [0.3, 0.4) is 0 Å². The molecule has 0 fully saturated rings. The third-order valence-corrected chi connectivity index (χ3v) is 2.57. The van der Waals surface area contributed by atoms with E-state index in [4.69, 9.17) is 45.9 Å². The standard InChI is InChI=1S/4C4H13N3.2Co.2Sb.6Se/c4*5-1-3-7-4-2-6;;;;;;;;;;/h4*7H,1-6H2;;;;;;;;;;/q;;;;4*+3;6*-2. The fourth-order valence-electron chi connectivity index (χ4n) is 1.32. The fourth-order valence-corrected chi connectivity index (χ4v) is 1.32. The summed E-state index contributed by atoms with van der Waals surface area (Å²) in [6.07, 6.45) is 0. The van der Waals surface area contributed by atoms with Gasteiger partial charge in [-0.2, -0.15) is 0 Å². The minimum absolute atomic E-state index is 0. The summed E-state index contributed by atoms with van der Waals surface area (Å²) in [5.74, 6) is 0. The molecule has 0 aromatic heterocycles. The zero-order valence-electron chi connectivity index (χ0n) is 21.9. The van der Waals surface area contributed by atoms with Gasteiger partial charge in [0.25, 0.3) is 0 Å². The van der Waals surface area contributed by atoms with E-state index in [-0.39, 0.29) is 185 Å². The second-order valence-corrected chi connectivity index (χ2v) is 5.31. The minimum Gasteiger partial charge on any atom is -2.00 e. The van der Waals surface area contributed by atoms with Crippen molar-refractivity contribution in [1.82, 2.24) is 21.3 Å². The Balaban J connectivity index is -0.0000000155. The number of nitrogens with one attached hydrogen (secondary N) is 4. The van der Waals surface area contributed by atoms with Gasteiger partial charge < -0.3 is 170 Å². The maximum Gasteiger partial charge on any atom is 3.00 e. The second kappa shape index (κ2) is 113. The van der Waals surface area contributed by atoms with Gasteiger partial charge in [-0.05, 0) is 0 Å². The SMILES string of the molecule is NCCNCCN.NCCNCCN.NCCNCCN.NCCNCCN.[Co+3].[Co+3].[Sb+3].[Sb+3].[Se-2].[Se-2].[Se-2].[Se-2].[Se-2].[Se-2]. The van der Waals surface area contributed by atoms with E-state index in [2.05, 4.69) is 21.3 Å². The Labute approximate surface area is 352 Å². The van der Waals surface area contributed by atoms with Crippen LogP contribution in [0.25, 0.3) is 0 Å². The maximum absolute atomic E-state index is 5.17. The molecule has 0 saturated carbocycles. The molecule has 240 valence electrons. The normalized spacial score (nSPS) is 6.95. The van der Waals surface area contributed by atoms with E-state index < -0.39 is 0 Å².